The van der Waals surface area contributed by atoms with Crippen LogP contribution in [0.3, 0.4) is 0 Å². The molecule has 2 rings (SSSR count). The normalized spacial score (nSPS) is 13.4. The summed E-state index contributed by atoms with van der Waals surface area (Å²) in [4.78, 5) is 48.9. The molecule has 1 aromatic carbocycles. The Balaban J connectivity index is 0.000000675. The van der Waals surface area contributed by atoms with Gasteiger partial charge < -0.3 is 25.5 Å². The zero-order chi connectivity index (χ0) is 25.0. The zero-order valence-electron chi connectivity index (χ0n) is 18.6. The summed E-state index contributed by atoms with van der Waals surface area (Å²) in [6.07, 6.45) is -3.93. The van der Waals surface area contributed by atoms with E-state index in [-0.39, 0.29) is 17.7 Å². The Kier molecular flexibility index (Phi) is 11.3. The average Bonchev–Trinajstić information content (AvgIpc) is 2.76. The number of nitrogens with zero attached hydrogens (tertiary/aromatic N) is 2. The Morgan fingerprint density at radius 2 is 1.76 bits per heavy atom. The number of aliphatic carboxylic acids is 1. The summed E-state index contributed by atoms with van der Waals surface area (Å²) in [5.74, 6) is -2.96. The van der Waals surface area contributed by atoms with Crippen molar-refractivity contribution in [3.05, 3.63) is 29.8 Å². The molecule has 0 aliphatic carbocycles. The van der Waals surface area contributed by atoms with Crippen molar-refractivity contribution in [2.45, 2.75) is 32.9 Å². The molecular formula is C21H29F3N4O5. The largest absolute Gasteiger partial charge is 0.490 e. The SMILES string of the molecule is CCCN(CCC(=O)N1CCNCC1)C(=O)c1cccc(NC(C)=O)c1.O=C(O)C(F)(F)F. The van der Waals surface area contributed by atoms with Crippen LogP contribution in [0, 0.1) is 0 Å². The maximum absolute atomic E-state index is 12.8. The van der Waals surface area contributed by atoms with Crippen LogP contribution in [-0.2, 0) is 14.4 Å². The van der Waals surface area contributed by atoms with Crippen molar-refractivity contribution < 1.29 is 37.5 Å². The first-order valence-electron chi connectivity index (χ1n) is 10.4. The second-order valence-corrected chi connectivity index (χ2v) is 7.24. The first kappa shape index (κ1) is 27.9. The Hall–Kier alpha value is -3.15. The van der Waals surface area contributed by atoms with Crippen LogP contribution in [0.4, 0.5) is 18.9 Å². The summed E-state index contributed by atoms with van der Waals surface area (Å²) >= 11 is 0. The second-order valence-electron chi connectivity index (χ2n) is 7.24. The van der Waals surface area contributed by atoms with Gasteiger partial charge in [-0.25, -0.2) is 4.79 Å². The van der Waals surface area contributed by atoms with Crippen molar-refractivity contribution in [2.24, 2.45) is 0 Å². The molecule has 0 aromatic heterocycles. The fraction of sp³-hybridized carbons (Fsp3) is 0.524. The van der Waals surface area contributed by atoms with Gasteiger partial charge in [0.25, 0.3) is 5.91 Å². The van der Waals surface area contributed by atoms with E-state index in [1.807, 2.05) is 11.8 Å². The lowest BCUT2D eigenvalue weighted by Gasteiger charge is -2.29. The highest BCUT2D eigenvalue weighted by molar-refractivity contribution is 5.97. The van der Waals surface area contributed by atoms with E-state index in [0.717, 1.165) is 32.6 Å². The van der Waals surface area contributed by atoms with Crippen LogP contribution in [0.15, 0.2) is 24.3 Å². The molecule has 12 heteroatoms. The molecule has 33 heavy (non-hydrogen) atoms. The zero-order valence-corrected chi connectivity index (χ0v) is 18.6. The third kappa shape index (κ3) is 10.3. The number of carbonyl (C=O) groups excluding carboxylic acids is 3. The molecule has 0 atom stereocenters. The fourth-order valence-electron chi connectivity index (χ4n) is 3.00. The molecule has 1 aliphatic rings. The number of amides is 3. The molecule has 3 N–H and O–H groups in total. The molecule has 0 bridgehead atoms. The van der Waals surface area contributed by atoms with Gasteiger partial charge in [0, 0.05) is 63.9 Å². The number of rotatable bonds is 7. The molecule has 0 radical (unpaired) electrons. The van der Waals surface area contributed by atoms with E-state index >= 15 is 0 Å². The maximum atomic E-state index is 12.8. The molecule has 1 heterocycles. The van der Waals surface area contributed by atoms with Crippen LogP contribution < -0.4 is 10.6 Å². The third-order valence-corrected chi connectivity index (χ3v) is 4.52. The minimum Gasteiger partial charge on any atom is -0.475 e. The first-order chi connectivity index (χ1) is 15.5. The minimum atomic E-state index is -5.08. The minimum absolute atomic E-state index is 0.0902. The van der Waals surface area contributed by atoms with E-state index in [1.54, 1.807) is 29.2 Å². The number of piperazine rings is 1. The number of nitrogens with one attached hydrogen (secondary N) is 2. The van der Waals surface area contributed by atoms with Crippen molar-refractivity contribution in [1.29, 1.82) is 0 Å². The van der Waals surface area contributed by atoms with Crippen LogP contribution in [-0.4, -0.2) is 84.0 Å². The Morgan fingerprint density at radius 3 is 2.27 bits per heavy atom. The number of benzene rings is 1. The first-order valence-corrected chi connectivity index (χ1v) is 10.4. The summed E-state index contributed by atoms with van der Waals surface area (Å²) in [6.45, 7) is 7.51. The predicted octanol–water partition coefficient (Wildman–Crippen LogP) is 1.95. The van der Waals surface area contributed by atoms with Gasteiger partial charge in [0.2, 0.25) is 11.8 Å². The van der Waals surface area contributed by atoms with Crippen molar-refractivity contribution in [2.75, 3.05) is 44.6 Å². The van der Waals surface area contributed by atoms with E-state index in [1.165, 1.54) is 6.92 Å². The standard InChI is InChI=1S/C19H28N4O3.C2HF3O2/c1-3-10-23(11-7-18(25)22-12-8-20-9-13-22)19(26)16-5-4-6-17(14-16)21-15(2)24;3-2(4,5)1(6)7/h4-6,14,20H,3,7-13H2,1-2H3,(H,21,24);(H,6,7). The van der Waals surface area contributed by atoms with Gasteiger partial charge in [0.05, 0.1) is 0 Å². The topological polar surface area (TPSA) is 119 Å². The smallest absolute Gasteiger partial charge is 0.475 e. The van der Waals surface area contributed by atoms with Crippen molar-refractivity contribution in [3.8, 4) is 0 Å². The maximum Gasteiger partial charge on any atom is 0.490 e. The van der Waals surface area contributed by atoms with Crippen molar-refractivity contribution in [3.63, 3.8) is 0 Å². The van der Waals surface area contributed by atoms with Crippen LogP contribution in [0.5, 0.6) is 0 Å². The van der Waals surface area contributed by atoms with E-state index in [0.29, 0.717) is 30.8 Å². The Morgan fingerprint density at radius 1 is 1.15 bits per heavy atom. The van der Waals surface area contributed by atoms with Crippen LogP contribution in [0.2, 0.25) is 0 Å². The molecule has 3 amide bonds. The van der Waals surface area contributed by atoms with Crippen LogP contribution in [0.25, 0.3) is 0 Å². The van der Waals surface area contributed by atoms with E-state index in [9.17, 15) is 27.6 Å². The van der Waals surface area contributed by atoms with Crippen LogP contribution >= 0.6 is 0 Å². The molecule has 0 saturated carbocycles. The van der Waals surface area contributed by atoms with Gasteiger partial charge in [0.1, 0.15) is 0 Å². The van der Waals surface area contributed by atoms with Gasteiger partial charge in [-0.1, -0.05) is 13.0 Å². The van der Waals surface area contributed by atoms with Gasteiger partial charge in [-0.3, -0.25) is 14.4 Å². The molecule has 0 spiro atoms. The monoisotopic (exact) mass is 474 g/mol. The van der Waals surface area contributed by atoms with E-state index in [4.69, 9.17) is 9.90 Å². The van der Waals surface area contributed by atoms with E-state index < -0.39 is 12.1 Å². The van der Waals surface area contributed by atoms with Gasteiger partial charge in [-0.05, 0) is 24.6 Å². The molecule has 1 aromatic rings. The van der Waals surface area contributed by atoms with Gasteiger partial charge >= 0.3 is 12.1 Å². The lowest BCUT2D eigenvalue weighted by atomic mass is 10.1. The molecule has 1 saturated heterocycles. The second kappa shape index (κ2) is 13.4. The van der Waals surface area contributed by atoms with Crippen LogP contribution in [0.1, 0.15) is 37.0 Å². The predicted molar refractivity (Wildman–Crippen MR) is 115 cm³/mol. The molecule has 9 nitrogen and oxygen atoms in total. The summed E-state index contributed by atoms with van der Waals surface area (Å²) in [5.41, 5.74) is 1.11. The van der Waals surface area contributed by atoms with Gasteiger partial charge in [-0.15, -0.1) is 0 Å². The molecule has 1 aliphatic heterocycles. The highest BCUT2D eigenvalue weighted by Gasteiger charge is 2.38. The number of anilines is 1. The quantitative estimate of drug-likeness (QED) is 0.556. The highest BCUT2D eigenvalue weighted by Crippen LogP contribution is 2.14. The number of carboxylic acid groups (broad SMARTS) is 1. The Bertz CT molecular complexity index is 826. The highest BCUT2D eigenvalue weighted by atomic mass is 19.4. The number of halogens is 3. The van der Waals surface area contributed by atoms with E-state index in [2.05, 4.69) is 10.6 Å². The molecule has 1 fully saturated rings. The molecule has 184 valence electrons. The van der Waals surface area contributed by atoms with Crippen molar-refractivity contribution >= 4 is 29.4 Å². The number of carboxylic acids is 1. The summed E-state index contributed by atoms with van der Waals surface area (Å²) in [7, 11) is 0. The van der Waals surface area contributed by atoms with Gasteiger partial charge in [-0.2, -0.15) is 13.2 Å². The fourth-order valence-corrected chi connectivity index (χ4v) is 3.00. The lowest BCUT2D eigenvalue weighted by molar-refractivity contribution is -0.192. The lowest BCUT2D eigenvalue weighted by Crippen LogP contribution is -2.47. The van der Waals surface area contributed by atoms with Crippen molar-refractivity contribution in [1.82, 2.24) is 15.1 Å². The summed E-state index contributed by atoms with van der Waals surface area (Å²) in [6, 6.07) is 6.89. The summed E-state index contributed by atoms with van der Waals surface area (Å²) < 4.78 is 31.7. The number of alkyl halides is 3. The average molecular weight is 474 g/mol. The number of hydrogen-bond acceptors (Lipinski definition) is 5. The number of hydrogen-bond donors (Lipinski definition) is 3. The Labute approximate surface area is 189 Å². The summed E-state index contributed by atoms with van der Waals surface area (Å²) in [5, 5.41) is 13.0. The molecule has 0 unspecified atom stereocenters. The van der Waals surface area contributed by atoms with Gasteiger partial charge in [0.15, 0.2) is 0 Å². The third-order valence-electron chi connectivity index (χ3n) is 4.52. The number of carbonyl (C=O) groups is 4. The molecular weight excluding hydrogens is 445 g/mol.